The first-order chi connectivity index (χ1) is 19.5. The lowest BCUT2D eigenvalue weighted by molar-refractivity contribution is 0.313. The average molecular weight is 574 g/mol. The molecule has 0 spiro atoms. The molecule has 1 aromatic carbocycles. The van der Waals surface area contributed by atoms with Crippen molar-refractivity contribution in [3.05, 3.63) is 36.0 Å². The highest BCUT2D eigenvalue weighted by atomic mass is 28.3. The zero-order valence-corrected chi connectivity index (χ0v) is 27.5. The molecule has 4 rings (SSSR count). The van der Waals surface area contributed by atoms with Gasteiger partial charge in [-0.15, -0.1) is 5.54 Å². The van der Waals surface area contributed by atoms with Gasteiger partial charge in [0.2, 0.25) is 11.8 Å². The van der Waals surface area contributed by atoms with Gasteiger partial charge in [-0.25, -0.2) is 4.98 Å². The third kappa shape index (κ3) is 6.44. The van der Waals surface area contributed by atoms with Crippen LogP contribution in [0.4, 0.5) is 23.0 Å². The second-order valence-electron chi connectivity index (χ2n) is 12.3. The summed E-state index contributed by atoms with van der Waals surface area (Å²) in [5, 5.41) is 4.24. The van der Waals surface area contributed by atoms with E-state index >= 15 is 0 Å². The predicted octanol–water partition coefficient (Wildman–Crippen LogP) is 6.16. The number of ether oxygens (including phenoxy) is 1. The minimum atomic E-state index is -1.91. The summed E-state index contributed by atoms with van der Waals surface area (Å²) >= 11 is 0. The summed E-state index contributed by atoms with van der Waals surface area (Å²) in [4.78, 5) is 21.1. The number of hydrogen-bond donors (Lipinski definition) is 1. The Morgan fingerprint density at radius 1 is 0.951 bits per heavy atom. The van der Waals surface area contributed by atoms with Crippen molar-refractivity contribution in [1.82, 2.24) is 19.9 Å². The lowest BCUT2D eigenvalue weighted by Crippen LogP contribution is -2.44. The topological polar surface area (TPSA) is 69.7 Å². The predicted molar refractivity (Wildman–Crippen MR) is 176 cm³/mol. The fourth-order valence-corrected chi connectivity index (χ4v) is 11.5. The highest BCUT2D eigenvalue weighted by molar-refractivity contribution is 6.90. The van der Waals surface area contributed by atoms with Gasteiger partial charge in [0.1, 0.15) is 8.07 Å². The van der Waals surface area contributed by atoms with E-state index in [-0.39, 0.29) is 0 Å². The van der Waals surface area contributed by atoms with E-state index in [0.29, 0.717) is 34.1 Å². The first-order valence-corrected chi connectivity index (χ1v) is 17.0. The summed E-state index contributed by atoms with van der Waals surface area (Å²) in [5.74, 6) is 4.55. The largest absolute Gasteiger partial charge is 0.481 e. The van der Waals surface area contributed by atoms with Gasteiger partial charge in [0, 0.05) is 63.8 Å². The lowest BCUT2D eigenvalue weighted by Gasteiger charge is -2.38. The third-order valence-corrected chi connectivity index (χ3v) is 14.9. The Morgan fingerprint density at radius 3 is 2.20 bits per heavy atom. The van der Waals surface area contributed by atoms with Crippen LogP contribution in [0.5, 0.6) is 5.88 Å². The fraction of sp³-hybridized carbons (Fsp3) is 0.531. The molecule has 3 aromatic rings. The second kappa shape index (κ2) is 12.7. The zero-order chi connectivity index (χ0) is 29.9. The van der Waals surface area contributed by atoms with E-state index < -0.39 is 8.07 Å². The molecular weight excluding hydrogens is 526 g/mol. The van der Waals surface area contributed by atoms with Gasteiger partial charge < -0.3 is 24.8 Å². The quantitative estimate of drug-likeness (QED) is 0.254. The van der Waals surface area contributed by atoms with Crippen molar-refractivity contribution in [2.24, 2.45) is 0 Å². The summed E-state index contributed by atoms with van der Waals surface area (Å²) in [6.45, 7) is 18.1. The molecule has 1 aliphatic heterocycles. The van der Waals surface area contributed by atoms with Crippen LogP contribution in [0.25, 0.3) is 11.0 Å². The molecule has 1 aliphatic rings. The Balaban J connectivity index is 1.69. The fourth-order valence-electron chi connectivity index (χ4n) is 6.27. The number of fused-ring (bicyclic) bond motifs is 1. The molecule has 1 fully saturated rings. The van der Waals surface area contributed by atoms with E-state index in [1.807, 2.05) is 12.3 Å². The molecule has 0 bridgehead atoms. The van der Waals surface area contributed by atoms with E-state index in [4.69, 9.17) is 9.72 Å². The Labute approximate surface area is 247 Å². The summed E-state index contributed by atoms with van der Waals surface area (Å²) in [5.41, 5.74) is 10.2. The third-order valence-electron chi connectivity index (χ3n) is 8.59. The summed E-state index contributed by atoms with van der Waals surface area (Å²) in [6, 6.07) is 8.35. The molecule has 9 heteroatoms. The molecule has 0 radical (unpaired) electrons. The summed E-state index contributed by atoms with van der Waals surface area (Å²) in [7, 11) is 6.07. The van der Waals surface area contributed by atoms with Crippen molar-refractivity contribution in [3.63, 3.8) is 0 Å². The number of nitrogens with one attached hydrogen (secondary N) is 1. The van der Waals surface area contributed by atoms with Gasteiger partial charge in [-0.2, -0.15) is 9.97 Å². The molecule has 41 heavy (non-hydrogen) atoms. The maximum atomic E-state index is 5.55. The normalized spacial score (nSPS) is 14.5. The van der Waals surface area contributed by atoms with Crippen LogP contribution < -0.4 is 19.9 Å². The van der Waals surface area contributed by atoms with Crippen LogP contribution in [-0.2, 0) is 0 Å². The number of anilines is 4. The molecule has 8 nitrogen and oxygen atoms in total. The highest BCUT2D eigenvalue weighted by Crippen LogP contribution is 2.41. The number of rotatable bonds is 8. The van der Waals surface area contributed by atoms with Crippen molar-refractivity contribution in [1.29, 1.82) is 0 Å². The number of likely N-dealkylation sites (N-methyl/N-ethyl adjacent to an activating group) is 1. The number of aromatic nitrogens is 3. The van der Waals surface area contributed by atoms with E-state index in [0.717, 1.165) is 48.5 Å². The van der Waals surface area contributed by atoms with Gasteiger partial charge in [-0.1, -0.05) is 47.5 Å². The van der Waals surface area contributed by atoms with Crippen molar-refractivity contribution in [2.45, 2.75) is 58.2 Å². The smallest absolute Gasteiger partial charge is 0.229 e. The maximum Gasteiger partial charge on any atom is 0.229 e. The second-order valence-corrected chi connectivity index (χ2v) is 17.9. The van der Waals surface area contributed by atoms with E-state index in [2.05, 4.69) is 122 Å². The van der Waals surface area contributed by atoms with Crippen molar-refractivity contribution < 1.29 is 4.74 Å². The zero-order valence-electron chi connectivity index (χ0n) is 26.5. The SMILES string of the molecule is COc1cc(C#C[Si](C(C)C)(C(C)C)C(C)C)c2cnc(Nc3ccc(N4CCN(C)CC4)c(N(C)C)c3)nc2n1. The molecule has 0 aliphatic carbocycles. The molecule has 3 heterocycles. The first kappa shape index (κ1) is 30.6. The molecule has 220 valence electrons. The number of hydrogen-bond acceptors (Lipinski definition) is 8. The van der Waals surface area contributed by atoms with Crippen molar-refractivity contribution in [2.75, 3.05) is 69.5 Å². The molecule has 2 aromatic heterocycles. The first-order valence-electron chi connectivity index (χ1n) is 14.7. The molecule has 1 N–H and O–H groups in total. The molecule has 1 saturated heterocycles. The summed E-state index contributed by atoms with van der Waals surface area (Å²) < 4.78 is 5.55. The Kier molecular flexibility index (Phi) is 9.45. The number of benzene rings is 1. The van der Waals surface area contributed by atoms with Gasteiger partial charge >= 0.3 is 0 Å². The minimum absolute atomic E-state index is 0.490. The van der Waals surface area contributed by atoms with Gasteiger partial charge in [0.25, 0.3) is 0 Å². The van der Waals surface area contributed by atoms with Crippen LogP contribution in [0.15, 0.2) is 30.5 Å². The molecule has 0 unspecified atom stereocenters. The monoisotopic (exact) mass is 573 g/mol. The van der Waals surface area contributed by atoms with Crippen LogP contribution >= 0.6 is 0 Å². The summed E-state index contributed by atoms with van der Waals surface area (Å²) in [6.07, 6.45) is 1.83. The molecular formula is C32H47N7OSi. The highest BCUT2D eigenvalue weighted by Gasteiger charge is 2.41. The Morgan fingerprint density at radius 2 is 1.61 bits per heavy atom. The lowest BCUT2D eigenvalue weighted by atomic mass is 10.2. The maximum absolute atomic E-state index is 5.55. The molecule has 0 atom stereocenters. The Hall–Kier alpha value is -3.35. The number of pyridine rings is 1. The van der Waals surface area contributed by atoms with Gasteiger partial charge in [-0.3, -0.25) is 0 Å². The number of piperazine rings is 1. The number of methoxy groups -OCH3 is 1. The Bertz CT molecular complexity index is 1400. The average Bonchev–Trinajstić information content (AvgIpc) is 2.92. The van der Waals surface area contributed by atoms with Crippen LogP contribution in [-0.4, -0.2) is 82.4 Å². The van der Waals surface area contributed by atoms with Crippen LogP contribution in [0.1, 0.15) is 47.1 Å². The minimum Gasteiger partial charge on any atom is -0.481 e. The van der Waals surface area contributed by atoms with Crippen LogP contribution in [0, 0.1) is 11.5 Å². The molecule has 0 saturated carbocycles. The van der Waals surface area contributed by atoms with Crippen LogP contribution in [0.2, 0.25) is 16.6 Å². The van der Waals surface area contributed by atoms with Gasteiger partial charge in [-0.05, 0) is 41.9 Å². The standard InChI is InChI=1S/C32H47N7OSi/c1-22(2)41(23(3)4,24(5)6)18-13-25-19-30(40-10)35-31-27(25)21-33-32(36-31)34-26-11-12-28(29(20-26)37(7)8)39-16-14-38(9)15-17-39/h11-12,19-24H,14-17H2,1-10H3,(H,33,34,35,36). The van der Waals surface area contributed by atoms with E-state index in [1.54, 1.807) is 7.11 Å². The van der Waals surface area contributed by atoms with Crippen molar-refractivity contribution >= 4 is 42.1 Å². The van der Waals surface area contributed by atoms with E-state index in [9.17, 15) is 0 Å². The number of nitrogens with zero attached hydrogens (tertiary/aromatic N) is 6. The molecule has 0 amide bonds. The van der Waals surface area contributed by atoms with E-state index in [1.165, 1.54) is 5.69 Å². The van der Waals surface area contributed by atoms with Gasteiger partial charge in [0.15, 0.2) is 5.65 Å². The van der Waals surface area contributed by atoms with Crippen LogP contribution in [0.3, 0.4) is 0 Å². The van der Waals surface area contributed by atoms with Gasteiger partial charge in [0.05, 0.1) is 23.9 Å². The van der Waals surface area contributed by atoms with Crippen molar-refractivity contribution in [3.8, 4) is 17.3 Å².